The molecular formula is C22H23ClN4O5. The number of oxazole rings is 1. The Balaban J connectivity index is 1.39. The Morgan fingerprint density at radius 2 is 2.00 bits per heavy atom. The topological polar surface area (TPSA) is 108 Å². The maximum Gasteiger partial charge on any atom is 0.417 e. The summed E-state index contributed by atoms with van der Waals surface area (Å²) in [6.45, 7) is 2.66. The second kappa shape index (κ2) is 9.46. The van der Waals surface area contributed by atoms with Crippen LogP contribution in [0.25, 0.3) is 11.1 Å². The zero-order valence-electron chi connectivity index (χ0n) is 17.5. The lowest BCUT2D eigenvalue weighted by molar-refractivity contribution is -0.143. The van der Waals surface area contributed by atoms with E-state index in [-0.39, 0.29) is 0 Å². The fourth-order valence-corrected chi connectivity index (χ4v) is 3.93. The Bertz CT molecular complexity index is 1200. The molecule has 168 valence electrons. The van der Waals surface area contributed by atoms with Gasteiger partial charge in [-0.3, -0.25) is 14.6 Å². The Morgan fingerprint density at radius 1 is 1.16 bits per heavy atom. The average Bonchev–Trinajstić information content (AvgIpc) is 2.98. The number of halogens is 1. The molecule has 1 aliphatic heterocycles. The number of aromatic nitrogens is 1. The first-order valence-electron chi connectivity index (χ1n) is 10.2. The lowest BCUT2D eigenvalue weighted by atomic mass is 10.2. The molecule has 2 amide bonds. The third kappa shape index (κ3) is 4.79. The molecule has 10 heteroatoms. The molecule has 0 saturated carbocycles. The molecule has 1 saturated heterocycles. The first kappa shape index (κ1) is 21.9. The molecular weight excluding hydrogens is 436 g/mol. The summed E-state index contributed by atoms with van der Waals surface area (Å²) < 4.78 is 10.2. The minimum Gasteiger partial charge on any atom is -0.408 e. The number of aromatic amines is 1. The fourth-order valence-electron chi connectivity index (χ4n) is 3.75. The molecule has 9 nitrogen and oxygen atoms in total. The van der Waals surface area contributed by atoms with Crippen LogP contribution in [0.5, 0.6) is 0 Å². The molecule has 32 heavy (non-hydrogen) atoms. The van der Waals surface area contributed by atoms with Crippen LogP contribution in [0.4, 0.5) is 11.4 Å². The minimum absolute atomic E-state index is 0.307. The summed E-state index contributed by atoms with van der Waals surface area (Å²) in [6.07, 6.45) is 0.724. The predicted molar refractivity (Wildman–Crippen MR) is 121 cm³/mol. The van der Waals surface area contributed by atoms with E-state index < -0.39 is 17.6 Å². The summed E-state index contributed by atoms with van der Waals surface area (Å²) in [6, 6.07) is 10.5. The van der Waals surface area contributed by atoms with Crippen LogP contribution in [0.1, 0.15) is 12.0 Å². The first-order valence-corrected chi connectivity index (χ1v) is 10.6. The van der Waals surface area contributed by atoms with Gasteiger partial charge in [-0.1, -0.05) is 11.6 Å². The summed E-state index contributed by atoms with van der Waals surface area (Å²) in [4.78, 5) is 42.8. The number of ether oxygens (including phenoxy) is 1. The van der Waals surface area contributed by atoms with Crippen LogP contribution >= 0.6 is 11.6 Å². The number of fused-ring (bicyclic) bond motifs is 1. The normalized spacial score (nSPS) is 14.4. The van der Waals surface area contributed by atoms with Crippen LogP contribution in [-0.4, -0.2) is 55.0 Å². The molecule has 3 aromatic rings. The quantitative estimate of drug-likeness (QED) is 0.582. The average molecular weight is 459 g/mol. The first-order chi connectivity index (χ1) is 15.4. The monoisotopic (exact) mass is 458 g/mol. The molecule has 1 fully saturated rings. The van der Waals surface area contributed by atoms with Gasteiger partial charge in [0, 0.05) is 55.8 Å². The second-order valence-corrected chi connectivity index (χ2v) is 7.93. The highest BCUT2D eigenvalue weighted by Crippen LogP contribution is 2.25. The van der Waals surface area contributed by atoms with Crippen LogP contribution in [0.15, 0.2) is 45.6 Å². The van der Waals surface area contributed by atoms with Gasteiger partial charge in [0.15, 0.2) is 5.58 Å². The van der Waals surface area contributed by atoms with Crippen LogP contribution in [0, 0.1) is 0 Å². The highest BCUT2D eigenvalue weighted by Gasteiger charge is 2.25. The van der Waals surface area contributed by atoms with Crippen LogP contribution < -0.4 is 16.0 Å². The van der Waals surface area contributed by atoms with E-state index in [4.69, 9.17) is 20.8 Å². The van der Waals surface area contributed by atoms with E-state index >= 15 is 0 Å². The SMILES string of the molecule is COCc1cc(N2CCCN(C(=O)C(=O)Nc3ccc4[nH]c(=O)oc4c3)CC2)ccc1Cl. The Morgan fingerprint density at radius 3 is 2.81 bits per heavy atom. The summed E-state index contributed by atoms with van der Waals surface area (Å²) in [7, 11) is 1.62. The van der Waals surface area contributed by atoms with Crippen molar-refractivity contribution in [3.8, 4) is 0 Å². The van der Waals surface area contributed by atoms with Crippen molar-refractivity contribution in [3.05, 3.63) is 57.5 Å². The van der Waals surface area contributed by atoms with E-state index in [2.05, 4.69) is 15.2 Å². The molecule has 0 radical (unpaired) electrons. The number of methoxy groups -OCH3 is 1. The van der Waals surface area contributed by atoms with Crippen molar-refractivity contribution >= 4 is 45.9 Å². The van der Waals surface area contributed by atoms with E-state index in [1.54, 1.807) is 24.1 Å². The van der Waals surface area contributed by atoms with Gasteiger partial charge >= 0.3 is 17.6 Å². The van der Waals surface area contributed by atoms with Crippen LogP contribution in [-0.2, 0) is 20.9 Å². The third-order valence-corrected chi connectivity index (χ3v) is 5.72. The van der Waals surface area contributed by atoms with Crippen LogP contribution in [0.3, 0.4) is 0 Å². The number of hydrogen-bond donors (Lipinski definition) is 2. The van der Waals surface area contributed by atoms with Gasteiger partial charge in [0.1, 0.15) is 0 Å². The standard InChI is InChI=1S/C22H23ClN4O5/c1-31-13-14-11-16(4-5-17(14)23)26-7-2-8-27(10-9-26)21(29)20(28)24-15-3-6-18-19(12-15)32-22(30)25-18/h3-6,11-12H,2,7-10,13H2,1H3,(H,24,28)(H,25,30). The lowest BCUT2D eigenvalue weighted by Crippen LogP contribution is -2.41. The molecule has 1 aromatic heterocycles. The third-order valence-electron chi connectivity index (χ3n) is 5.35. The van der Waals surface area contributed by atoms with Crippen molar-refractivity contribution in [3.63, 3.8) is 0 Å². The number of hydrogen-bond acceptors (Lipinski definition) is 6. The highest BCUT2D eigenvalue weighted by atomic mass is 35.5. The molecule has 2 heterocycles. The Kier molecular flexibility index (Phi) is 6.48. The summed E-state index contributed by atoms with van der Waals surface area (Å²) in [5.74, 6) is -1.91. The van der Waals surface area contributed by atoms with Crippen LogP contribution in [0.2, 0.25) is 5.02 Å². The van der Waals surface area contributed by atoms with Gasteiger partial charge in [-0.2, -0.15) is 0 Å². The fraction of sp³-hybridized carbons (Fsp3) is 0.318. The number of amides is 2. The van der Waals surface area contributed by atoms with Crippen molar-refractivity contribution in [1.29, 1.82) is 0 Å². The highest BCUT2D eigenvalue weighted by molar-refractivity contribution is 6.39. The van der Waals surface area contributed by atoms with Gasteiger partial charge in [-0.15, -0.1) is 0 Å². The van der Waals surface area contributed by atoms with E-state index in [1.807, 2.05) is 18.2 Å². The number of anilines is 2. The van der Waals surface area contributed by atoms with Gasteiger partial charge in [0.05, 0.1) is 12.1 Å². The van der Waals surface area contributed by atoms with E-state index in [0.29, 0.717) is 48.1 Å². The summed E-state index contributed by atoms with van der Waals surface area (Å²) in [5.41, 5.74) is 3.10. The molecule has 0 aliphatic carbocycles. The van der Waals surface area contributed by atoms with Crippen molar-refractivity contribution in [1.82, 2.24) is 9.88 Å². The van der Waals surface area contributed by atoms with Crippen molar-refractivity contribution in [2.24, 2.45) is 0 Å². The molecule has 2 aromatic carbocycles. The van der Waals surface area contributed by atoms with E-state index in [9.17, 15) is 14.4 Å². The minimum atomic E-state index is -0.732. The van der Waals surface area contributed by atoms with Crippen molar-refractivity contribution in [2.75, 3.05) is 43.5 Å². The number of rotatable bonds is 4. The maximum atomic E-state index is 12.7. The molecule has 1 aliphatic rings. The number of benzene rings is 2. The maximum absolute atomic E-state index is 12.7. The molecule has 0 bridgehead atoms. The molecule has 0 atom stereocenters. The van der Waals surface area contributed by atoms with E-state index in [0.717, 1.165) is 24.2 Å². The number of nitrogens with one attached hydrogen (secondary N) is 2. The Labute approximate surface area is 188 Å². The zero-order chi connectivity index (χ0) is 22.7. The molecule has 2 N–H and O–H groups in total. The van der Waals surface area contributed by atoms with Gasteiger partial charge in [-0.25, -0.2) is 4.79 Å². The Hall–Kier alpha value is -3.30. The molecule has 0 spiro atoms. The number of nitrogens with zero attached hydrogens (tertiary/aromatic N) is 2. The van der Waals surface area contributed by atoms with Gasteiger partial charge in [0.2, 0.25) is 0 Å². The van der Waals surface area contributed by atoms with Crippen molar-refractivity contribution in [2.45, 2.75) is 13.0 Å². The van der Waals surface area contributed by atoms with Gasteiger partial charge in [-0.05, 0) is 42.3 Å². The van der Waals surface area contributed by atoms with Gasteiger partial charge < -0.3 is 24.3 Å². The molecule has 4 rings (SSSR count). The predicted octanol–water partition coefficient (Wildman–Crippen LogP) is 2.60. The number of H-pyrrole nitrogens is 1. The molecule has 0 unspecified atom stereocenters. The largest absolute Gasteiger partial charge is 0.417 e. The number of carbonyl (C=O) groups excluding carboxylic acids is 2. The smallest absolute Gasteiger partial charge is 0.408 e. The lowest BCUT2D eigenvalue weighted by Gasteiger charge is -2.24. The summed E-state index contributed by atoms with van der Waals surface area (Å²) in [5, 5.41) is 3.23. The zero-order valence-corrected chi connectivity index (χ0v) is 18.3. The summed E-state index contributed by atoms with van der Waals surface area (Å²) >= 11 is 6.23. The second-order valence-electron chi connectivity index (χ2n) is 7.52. The van der Waals surface area contributed by atoms with Crippen molar-refractivity contribution < 1.29 is 18.7 Å². The number of carbonyl (C=O) groups is 2. The van der Waals surface area contributed by atoms with E-state index in [1.165, 1.54) is 6.07 Å². The van der Waals surface area contributed by atoms with Gasteiger partial charge in [0.25, 0.3) is 0 Å².